The zero-order chi connectivity index (χ0) is 14.5. The number of rotatable bonds is 3. The van der Waals surface area contributed by atoms with Gasteiger partial charge in [0.05, 0.1) is 24.9 Å². The number of hydrogen-bond acceptors (Lipinski definition) is 3. The van der Waals surface area contributed by atoms with Crippen molar-refractivity contribution >= 4 is 12.0 Å². The smallest absolute Gasteiger partial charge is 0.247 e. The highest BCUT2D eigenvalue weighted by atomic mass is 16.5. The molecule has 1 aliphatic heterocycles. The number of H-pyrrole nitrogens is 1. The maximum atomic E-state index is 12.4. The number of aromatic amines is 1. The molecule has 108 valence electrons. The Balaban J connectivity index is 1.74. The van der Waals surface area contributed by atoms with Crippen LogP contribution >= 0.6 is 0 Å². The predicted molar refractivity (Wildman–Crippen MR) is 79.3 cm³/mol. The molecule has 1 saturated heterocycles. The molecule has 0 aliphatic carbocycles. The number of morpholine rings is 1. The van der Waals surface area contributed by atoms with Gasteiger partial charge in [-0.2, -0.15) is 5.10 Å². The van der Waals surface area contributed by atoms with E-state index in [2.05, 4.69) is 10.2 Å². The molecule has 0 spiro atoms. The molecule has 1 aromatic heterocycles. The lowest BCUT2D eigenvalue weighted by atomic mass is 10.1. The molecule has 1 N–H and O–H groups in total. The lowest BCUT2D eigenvalue weighted by molar-refractivity contribution is -0.134. The summed E-state index contributed by atoms with van der Waals surface area (Å²) in [5.41, 5.74) is 1.91. The highest BCUT2D eigenvalue weighted by molar-refractivity contribution is 5.92. The molecular formula is C16H17N3O2. The number of carbonyl (C=O) groups is 1. The summed E-state index contributed by atoms with van der Waals surface area (Å²) < 4.78 is 5.48. The molecule has 2 aromatic rings. The average molecular weight is 283 g/mol. The first-order valence-corrected chi connectivity index (χ1v) is 6.95. The minimum atomic E-state index is -0.103. The van der Waals surface area contributed by atoms with Crippen LogP contribution in [0.5, 0.6) is 0 Å². The van der Waals surface area contributed by atoms with E-state index in [0.29, 0.717) is 19.8 Å². The molecule has 0 saturated carbocycles. The van der Waals surface area contributed by atoms with Gasteiger partial charge in [-0.15, -0.1) is 0 Å². The normalized spacial score (nSPS) is 19.0. The Kier molecular flexibility index (Phi) is 4.12. The zero-order valence-corrected chi connectivity index (χ0v) is 11.6. The van der Waals surface area contributed by atoms with Crippen molar-refractivity contribution in [3.63, 3.8) is 0 Å². The fourth-order valence-corrected chi connectivity index (χ4v) is 2.40. The van der Waals surface area contributed by atoms with E-state index < -0.39 is 0 Å². The molecule has 0 radical (unpaired) electrons. The van der Waals surface area contributed by atoms with Crippen molar-refractivity contribution < 1.29 is 9.53 Å². The summed E-state index contributed by atoms with van der Waals surface area (Å²) in [6.07, 6.45) is 5.14. The van der Waals surface area contributed by atoms with Crippen molar-refractivity contribution in [1.29, 1.82) is 0 Å². The molecule has 2 heterocycles. The summed E-state index contributed by atoms with van der Waals surface area (Å²) in [5.74, 6) is -0.0123. The minimum absolute atomic E-state index is 0.0123. The highest BCUT2D eigenvalue weighted by Crippen LogP contribution is 2.22. The van der Waals surface area contributed by atoms with Crippen molar-refractivity contribution in [3.05, 3.63) is 59.9 Å². The van der Waals surface area contributed by atoms with Crippen molar-refractivity contribution in [2.24, 2.45) is 0 Å². The summed E-state index contributed by atoms with van der Waals surface area (Å²) in [5, 5.41) is 6.87. The van der Waals surface area contributed by atoms with Crippen LogP contribution in [-0.4, -0.2) is 40.8 Å². The van der Waals surface area contributed by atoms with Crippen LogP contribution < -0.4 is 0 Å². The fourth-order valence-electron chi connectivity index (χ4n) is 2.40. The third-order valence-electron chi connectivity index (χ3n) is 3.51. The Morgan fingerprint density at radius 2 is 2.19 bits per heavy atom. The fraction of sp³-hybridized carbons (Fsp3) is 0.250. The van der Waals surface area contributed by atoms with E-state index in [-0.39, 0.29) is 11.9 Å². The Morgan fingerprint density at radius 1 is 1.33 bits per heavy atom. The van der Waals surface area contributed by atoms with Gasteiger partial charge in [-0.25, -0.2) is 0 Å². The largest absolute Gasteiger partial charge is 0.377 e. The van der Waals surface area contributed by atoms with E-state index >= 15 is 0 Å². The van der Waals surface area contributed by atoms with Gasteiger partial charge < -0.3 is 9.64 Å². The molecule has 21 heavy (non-hydrogen) atoms. The molecule has 3 rings (SSSR count). The Morgan fingerprint density at radius 3 is 2.95 bits per heavy atom. The first-order chi connectivity index (χ1) is 10.3. The zero-order valence-electron chi connectivity index (χ0n) is 11.6. The topological polar surface area (TPSA) is 58.2 Å². The molecule has 5 heteroatoms. The molecule has 1 aliphatic rings. The molecule has 1 aromatic carbocycles. The van der Waals surface area contributed by atoms with Crippen LogP contribution in [0.25, 0.3) is 6.08 Å². The van der Waals surface area contributed by atoms with E-state index in [1.807, 2.05) is 47.4 Å². The summed E-state index contributed by atoms with van der Waals surface area (Å²) >= 11 is 0. The number of carbonyl (C=O) groups excluding carboxylic acids is 1. The number of amides is 1. The molecule has 0 unspecified atom stereocenters. The minimum Gasteiger partial charge on any atom is -0.377 e. The SMILES string of the molecule is O=C(/C=C/c1ccccc1)N1CCOC[C@@H]1c1ccn[nH]1. The van der Waals surface area contributed by atoms with E-state index in [0.717, 1.165) is 11.3 Å². The van der Waals surface area contributed by atoms with E-state index in [4.69, 9.17) is 4.74 Å². The standard InChI is InChI=1S/C16H17N3O2/c20-16(7-6-13-4-2-1-3-5-13)19-10-11-21-12-15(19)14-8-9-17-18-14/h1-9,15H,10-12H2,(H,17,18)/b7-6+/t15-/m1/s1. The van der Waals surface area contributed by atoms with E-state index in [1.54, 1.807) is 12.3 Å². The van der Waals surface area contributed by atoms with Crippen LogP contribution in [0.15, 0.2) is 48.7 Å². The second kappa shape index (κ2) is 6.37. The second-order valence-electron chi connectivity index (χ2n) is 4.88. The van der Waals surface area contributed by atoms with Gasteiger partial charge in [-0.05, 0) is 17.7 Å². The highest BCUT2D eigenvalue weighted by Gasteiger charge is 2.28. The number of hydrogen-bond donors (Lipinski definition) is 1. The van der Waals surface area contributed by atoms with Crippen LogP contribution in [-0.2, 0) is 9.53 Å². The quantitative estimate of drug-likeness (QED) is 0.877. The van der Waals surface area contributed by atoms with Crippen LogP contribution in [0, 0.1) is 0 Å². The van der Waals surface area contributed by atoms with Gasteiger partial charge in [0.25, 0.3) is 0 Å². The number of benzene rings is 1. The maximum Gasteiger partial charge on any atom is 0.247 e. The number of aromatic nitrogens is 2. The van der Waals surface area contributed by atoms with Gasteiger partial charge in [0.1, 0.15) is 0 Å². The third kappa shape index (κ3) is 3.20. The van der Waals surface area contributed by atoms with Crippen molar-refractivity contribution in [2.45, 2.75) is 6.04 Å². The Bertz CT molecular complexity index is 608. The van der Waals surface area contributed by atoms with Gasteiger partial charge in [-0.3, -0.25) is 9.89 Å². The number of nitrogens with zero attached hydrogens (tertiary/aromatic N) is 2. The van der Waals surface area contributed by atoms with Crippen LogP contribution in [0.2, 0.25) is 0 Å². The Labute approximate surface area is 123 Å². The van der Waals surface area contributed by atoms with Crippen LogP contribution in [0.3, 0.4) is 0 Å². The molecule has 1 amide bonds. The predicted octanol–water partition coefficient (Wildman–Crippen LogP) is 2.02. The lowest BCUT2D eigenvalue weighted by Crippen LogP contribution is -2.42. The number of nitrogens with one attached hydrogen (secondary N) is 1. The average Bonchev–Trinajstić information content (AvgIpc) is 3.08. The van der Waals surface area contributed by atoms with Crippen molar-refractivity contribution in [2.75, 3.05) is 19.8 Å². The third-order valence-corrected chi connectivity index (χ3v) is 3.51. The van der Waals surface area contributed by atoms with Crippen LogP contribution in [0.1, 0.15) is 17.3 Å². The summed E-state index contributed by atoms with van der Waals surface area (Å²) in [7, 11) is 0. The maximum absolute atomic E-state index is 12.4. The second-order valence-corrected chi connectivity index (χ2v) is 4.88. The first kappa shape index (κ1) is 13.6. The van der Waals surface area contributed by atoms with Crippen LogP contribution in [0.4, 0.5) is 0 Å². The molecular weight excluding hydrogens is 266 g/mol. The van der Waals surface area contributed by atoms with E-state index in [1.165, 1.54) is 0 Å². The molecule has 0 bridgehead atoms. The summed E-state index contributed by atoms with van der Waals surface area (Å²) in [6, 6.07) is 11.6. The molecule has 1 atom stereocenters. The monoisotopic (exact) mass is 283 g/mol. The van der Waals surface area contributed by atoms with Gasteiger partial charge in [0.2, 0.25) is 5.91 Å². The lowest BCUT2D eigenvalue weighted by Gasteiger charge is -2.34. The van der Waals surface area contributed by atoms with Gasteiger partial charge >= 0.3 is 0 Å². The van der Waals surface area contributed by atoms with E-state index in [9.17, 15) is 4.79 Å². The summed E-state index contributed by atoms with van der Waals surface area (Å²) in [6.45, 7) is 1.64. The Hall–Kier alpha value is -2.40. The van der Waals surface area contributed by atoms with Gasteiger partial charge in [-0.1, -0.05) is 30.3 Å². The molecule has 5 nitrogen and oxygen atoms in total. The van der Waals surface area contributed by atoms with Crippen molar-refractivity contribution in [3.8, 4) is 0 Å². The van der Waals surface area contributed by atoms with Gasteiger partial charge in [0, 0.05) is 18.8 Å². The number of ether oxygens (including phenoxy) is 1. The van der Waals surface area contributed by atoms with Gasteiger partial charge in [0.15, 0.2) is 0 Å². The summed E-state index contributed by atoms with van der Waals surface area (Å²) in [4.78, 5) is 14.2. The van der Waals surface area contributed by atoms with Crippen molar-refractivity contribution in [1.82, 2.24) is 15.1 Å². The molecule has 1 fully saturated rings. The first-order valence-electron chi connectivity index (χ1n) is 6.95.